The van der Waals surface area contributed by atoms with E-state index in [-0.39, 0.29) is 0 Å². The van der Waals surface area contributed by atoms with Crippen molar-refractivity contribution in [2.45, 2.75) is 26.8 Å². The number of benzene rings is 2. The molecule has 6 nitrogen and oxygen atoms in total. The van der Waals surface area contributed by atoms with Crippen molar-refractivity contribution >= 4 is 17.7 Å². The molecule has 1 amide bonds. The maximum atomic E-state index is 11.2. The minimum Gasteiger partial charge on any atom is -0.453 e. The van der Waals surface area contributed by atoms with E-state index in [4.69, 9.17) is 0 Å². The van der Waals surface area contributed by atoms with Gasteiger partial charge in [-0.3, -0.25) is 10.3 Å². The zero-order chi connectivity index (χ0) is 19.6. The summed E-state index contributed by atoms with van der Waals surface area (Å²) < 4.78 is 4.57. The zero-order valence-electron chi connectivity index (χ0n) is 16.4. The molecule has 2 rings (SSSR count). The lowest BCUT2D eigenvalue weighted by molar-refractivity contribution is 0.187. The molecule has 144 valence electrons. The molecule has 0 bridgehead atoms. The molecule has 0 aromatic heterocycles. The fraction of sp³-hybridized carbons (Fsp3) is 0.333. The first kappa shape index (κ1) is 20.3. The van der Waals surface area contributed by atoms with Crippen LogP contribution in [0.1, 0.15) is 22.3 Å². The summed E-state index contributed by atoms with van der Waals surface area (Å²) in [6, 6.07) is 14.2. The summed E-state index contributed by atoms with van der Waals surface area (Å²) in [7, 11) is 3.10. The number of ether oxygens (including phenoxy) is 1. The van der Waals surface area contributed by atoms with Crippen molar-refractivity contribution in [2.24, 2.45) is 4.99 Å². The summed E-state index contributed by atoms with van der Waals surface area (Å²) in [5, 5.41) is 9.26. The van der Waals surface area contributed by atoms with Crippen LogP contribution in [-0.4, -0.2) is 32.8 Å². The predicted molar refractivity (Wildman–Crippen MR) is 110 cm³/mol. The Morgan fingerprint density at radius 2 is 1.67 bits per heavy atom. The minimum atomic E-state index is -0.478. The third-order valence-electron chi connectivity index (χ3n) is 4.06. The average Bonchev–Trinajstić information content (AvgIpc) is 2.64. The molecular weight excluding hydrogens is 340 g/mol. The van der Waals surface area contributed by atoms with Gasteiger partial charge in [0.15, 0.2) is 5.96 Å². The molecule has 2 aromatic rings. The molecule has 0 saturated heterocycles. The van der Waals surface area contributed by atoms with Crippen molar-refractivity contribution in [2.75, 3.05) is 26.0 Å². The molecule has 0 saturated carbocycles. The highest BCUT2D eigenvalue weighted by atomic mass is 16.5. The molecule has 0 fully saturated rings. The number of amides is 1. The molecule has 6 heteroatoms. The quantitative estimate of drug-likeness (QED) is 0.540. The van der Waals surface area contributed by atoms with Crippen LogP contribution in [0.25, 0.3) is 0 Å². The first-order chi connectivity index (χ1) is 13.0. The van der Waals surface area contributed by atoms with Gasteiger partial charge in [0.1, 0.15) is 0 Å². The van der Waals surface area contributed by atoms with E-state index in [1.54, 1.807) is 7.05 Å². The SMILES string of the molecule is CN=C(NCCc1cc(C)cc(C)c1)NCc1ccc(NC(=O)OC)cc1. The van der Waals surface area contributed by atoms with E-state index in [1.165, 1.54) is 23.8 Å². The van der Waals surface area contributed by atoms with E-state index in [1.807, 2.05) is 24.3 Å². The van der Waals surface area contributed by atoms with Crippen molar-refractivity contribution in [3.8, 4) is 0 Å². The number of anilines is 1. The Morgan fingerprint density at radius 3 is 2.26 bits per heavy atom. The summed E-state index contributed by atoms with van der Waals surface area (Å²) in [5.74, 6) is 0.760. The molecule has 0 aliphatic rings. The van der Waals surface area contributed by atoms with Gasteiger partial charge in [0.05, 0.1) is 7.11 Å². The highest BCUT2D eigenvalue weighted by molar-refractivity contribution is 5.84. The second-order valence-corrected chi connectivity index (χ2v) is 6.41. The number of carbonyl (C=O) groups excluding carboxylic acids is 1. The second kappa shape index (κ2) is 10.2. The van der Waals surface area contributed by atoms with Gasteiger partial charge in [0.2, 0.25) is 0 Å². The van der Waals surface area contributed by atoms with E-state index >= 15 is 0 Å². The van der Waals surface area contributed by atoms with Crippen LogP contribution in [-0.2, 0) is 17.7 Å². The lowest BCUT2D eigenvalue weighted by Crippen LogP contribution is -2.37. The Labute approximate surface area is 161 Å². The van der Waals surface area contributed by atoms with Crippen molar-refractivity contribution in [3.63, 3.8) is 0 Å². The molecule has 3 N–H and O–H groups in total. The standard InChI is InChI=1S/C21H28N4O2/c1-15-11-16(2)13-18(12-15)9-10-23-20(22-3)24-14-17-5-7-19(8-6-17)25-21(26)27-4/h5-8,11-13H,9-10,14H2,1-4H3,(H,25,26)(H2,22,23,24). The molecule has 0 heterocycles. The van der Waals surface area contributed by atoms with Gasteiger partial charge in [-0.1, -0.05) is 41.5 Å². The number of methoxy groups -OCH3 is 1. The van der Waals surface area contributed by atoms with Crippen LogP contribution >= 0.6 is 0 Å². The maximum absolute atomic E-state index is 11.2. The summed E-state index contributed by atoms with van der Waals surface area (Å²) in [6.07, 6.45) is 0.464. The first-order valence-corrected chi connectivity index (χ1v) is 8.95. The number of nitrogens with zero attached hydrogens (tertiary/aromatic N) is 1. The van der Waals surface area contributed by atoms with Crippen LogP contribution in [0.4, 0.5) is 10.5 Å². The van der Waals surface area contributed by atoms with Gasteiger partial charge in [-0.05, 0) is 43.5 Å². The molecule has 27 heavy (non-hydrogen) atoms. The Bertz CT molecular complexity index is 765. The van der Waals surface area contributed by atoms with Crippen LogP contribution in [0.5, 0.6) is 0 Å². The summed E-state index contributed by atoms with van der Waals surface area (Å²) in [5.41, 5.74) is 5.68. The monoisotopic (exact) mass is 368 g/mol. The Morgan fingerprint density at radius 1 is 1.00 bits per heavy atom. The van der Waals surface area contributed by atoms with Gasteiger partial charge in [0.25, 0.3) is 0 Å². The summed E-state index contributed by atoms with van der Waals surface area (Å²) in [4.78, 5) is 15.4. The third-order valence-corrected chi connectivity index (χ3v) is 4.06. The largest absolute Gasteiger partial charge is 0.453 e. The van der Waals surface area contributed by atoms with Gasteiger partial charge >= 0.3 is 6.09 Å². The number of guanidine groups is 1. The van der Waals surface area contributed by atoms with Crippen LogP contribution in [0.2, 0.25) is 0 Å². The number of rotatable bonds is 6. The fourth-order valence-corrected chi connectivity index (χ4v) is 2.82. The van der Waals surface area contributed by atoms with Crippen LogP contribution in [0.15, 0.2) is 47.5 Å². The average molecular weight is 368 g/mol. The molecule has 0 atom stereocenters. The lowest BCUT2D eigenvalue weighted by Gasteiger charge is -2.13. The normalized spacial score (nSPS) is 11.0. The van der Waals surface area contributed by atoms with Crippen LogP contribution < -0.4 is 16.0 Å². The van der Waals surface area contributed by atoms with Gasteiger partial charge in [-0.25, -0.2) is 4.79 Å². The van der Waals surface area contributed by atoms with Crippen molar-refractivity contribution < 1.29 is 9.53 Å². The number of hydrogen-bond acceptors (Lipinski definition) is 3. The van der Waals surface area contributed by atoms with Gasteiger partial charge in [-0.15, -0.1) is 0 Å². The predicted octanol–water partition coefficient (Wildman–Crippen LogP) is 3.39. The van der Waals surface area contributed by atoms with Crippen molar-refractivity contribution in [1.29, 1.82) is 0 Å². The van der Waals surface area contributed by atoms with Crippen LogP contribution in [0.3, 0.4) is 0 Å². The Kier molecular flexibility index (Phi) is 7.67. The van der Waals surface area contributed by atoms with Crippen molar-refractivity contribution in [3.05, 3.63) is 64.7 Å². The van der Waals surface area contributed by atoms with Crippen LogP contribution in [0, 0.1) is 13.8 Å². The molecule has 2 aromatic carbocycles. The summed E-state index contributed by atoms with van der Waals surface area (Å²) in [6.45, 7) is 5.69. The van der Waals surface area contributed by atoms with Gasteiger partial charge < -0.3 is 15.4 Å². The fourth-order valence-electron chi connectivity index (χ4n) is 2.82. The molecule has 0 unspecified atom stereocenters. The lowest BCUT2D eigenvalue weighted by atomic mass is 10.1. The number of aliphatic imine (C=N–C) groups is 1. The molecule has 0 spiro atoms. The molecule has 0 radical (unpaired) electrons. The van der Waals surface area contributed by atoms with E-state index in [0.717, 1.165) is 24.5 Å². The maximum Gasteiger partial charge on any atom is 0.411 e. The number of hydrogen-bond donors (Lipinski definition) is 3. The van der Waals surface area contributed by atoms with E-state index in [2.05, 4.69) is 57.7 Å². The van der Waals surface area contributed by atoms with Crippen molar-refractivity contribution in [1.82, 2.24) is 10.6 Å². The topological polar surface area (TPSA) is 74.8 Å². The Hall–Kier alpha value is -3.02. The minimum absolute atomic E-state index is 0.478. The number of carbonyl (C=O) groups is 1. The van der Waals surface area contributed by atoms with E-state index in [0.29, 0.717) is 12.2 Å². The first-order valence-electron chi connectivity index (χ1n) is 8.95. The Balaban J connectivity index is 1.79. The molecular formula is C21H28N4O2. The second-order valence-electron chi connectivity index (χ2n) is 6.41. The zero-order valence-corrected chi connectivity index (χ0v) is 16.4. The summed E-state index contributed by atoms with van der Waals surface area (Å²) >= 11 is 0. The molecule has 0 aliphatic carbocycles. The van der Waals surface area contributed by atoms with E-state index in [9.17, 15) is 4.79 Å². The van der Waals surface area contributed by atoms with Gasteiger partial charge in [-0.2, -0.15) is 0 Å². The van der Waals surface area contributed by atoms with E-state index < -0.39 is 6.09 Å². The van der Waals surface area contributed by atoms with Gasteiger partial charge in [0, 0.05) is 25.8 Å². The smallest absolute Gasteiger partial charge is 0.411 e. The third kappa shape index (κ3) is 7.01. The number of aryl methyl sites for hydroxylation is 2. The highest BCUT2D eigenvalue weighted by Gasteiger charge is 2.02. The number of nitrogens with one attached hydrogen (secondary N) is 3. The molecule has 0 aliphatic heterocycles. The highest BCUT2D eigenvalue weighted by Crippen LogP contribution is 2.10.